The molecule has 0 aliphatic carbocycles. The molecule has 4 rings (SSSR count). The maximum absolute atomic E-state index is 13.3. The van der Waals surface area contributed by atoms with Crippen LogP contribution in [0, 0.1) is 11.9 Å². The summed E-state index contributed by atoms with van der Waals surface area (Å²) in [6.07, 6.45) is 3.98. The molecule has 0 aliphatic heterocycles. The Labute approximate surface area is 215 Å². The number of rotatable bonds is 14. The lowest BCUT2D eigenvalue weighted by molar-refractivity contribution is 0.244. The summed E-state index contributed by atoms with van der Waals surface area (Å²) in [5.41, 5.74) is 2.37. The number of tetrazole rings is 1. The fourth-order valence-corrected chi connectivity index (χ4v) is 3.78. The van der Waals surface area contributed by atoms with E-state index in [9.17, 15) is 9.50 Å². The van der Waals surface area contributed by atoms with Gasteiger partial charge < -0.3 is 19.3 Å². The second-order valence-electron chi connectivity index (χ2n) is 8.43. The first kappa shape index (κ1) is 25.9. The third-order valence-electron chi connectivity index (χ3n) is 5.73. The SMILES string of the molecule is CCc1cc(-c2ccc(F)cc2)c(O)cc1OCCCOc1[c]ccc(OCCCCc2nnn[nH]2)c1. The maximum atomic E-state index is 13.3. The number of phenols is 1. The topological polar surface area (TPSA) is 102 Å². The van der Waals surface area contributed by atoms with Crippen LogP contribution in [0.4, 0.5) is 4.39 Å². The van der Waals surface area contributed by atoms with Crippen molar-refractivity contribution in [2.45, 2.75) is 39.0 Å². The highest BCUT2D eigenvalue weighted by molar-refractivity contribution is 5.72. The molecule has 0 aliphatic rings. The van der Waals surface area contributed by atoms with E-state index in [1.165, 1.54) is 12.1 Å². The van der Waals surface area contributed by atoms with Crippen LogP contribution in [-0.4, -0.2) is 45.6 Å². The van der Waals surface area contributed by atoms with Crippen molar-refractivity contribution in [3.05, 3.63) is 77.9 Å². The lowest BCUT2D eigenvalue weighted by atomic mass is 10.00. The smallest absolute Gasteiger partial charge is 0.148 e. The molecular formula is C28H30FN4O4. The van der Waals surface area contributed by atoms with Crippen LogP contribution >= 0.6 is 0 Å². The van der Waals surface area contributed by atoms with Crippen LogP contribution in [-0.2, 0) is 12.8 Å². The number of aryl methyl sites for hydroxylation is 2. The first-order valence-corrected chi connectivity index (χ1v) is 12.4. The highest BCUT2D eigenvalue weighted by atomic mass is 19.1. The minimum absolute atomic E-state index is 0.0939. The minimum atomic E-state index is -0.314. The number of unbranched alkanes of at least 4 members (excludes halogenated alkanes) is 1. The summed E-state index contributed by atoms with van der Waals surface area (Å²) in [6, 6.07) is 18.1. The van der Waals surface area contributed by atoms with Gasteiger partial charge in [-0.25, -0.2) is 9.49 Å². The molecule has 4 aromatic rings. The fourth-order valence-electron chi connectivity index (χ4n) is 3.78. The van der Waals surface area contributed by atoms with E-state index in [1.54, 1.807) is 24.3 Å². The van der Waals surface area contributed by atoms with E-state index in [4.69, 9.17) is 14.2 Å². The number of benzene rings is 3. The molecule has 0 fully saturated rings. The molecule has 0 amide bonds. The number of halogens is 1. The van der Waals surface area contributed by atoms with E-state index in [1.807, 2.05) is 25.1 Å². The van der Waals surface area contributed by atoms with Crippen LogP contribution in [0.2, 0.25) is 0 Å². The number of hydrogen-bond donors (Lipinski definition) is 2. The van der Waals surface area contributed by atoms with Gasteiger partial charge in [0.2, 0.25) is 0 Å². The van der Waals surface area contributed by atoms with Crippen LogP contribution in [0.3, 0.4) is 0 Å². The van der Waals surface area contributed by atoms with Gasteiger partial charge in [0.25, 0.3) is 0 Å². The molecule has 0 saturated carbocycles. The number of ether oxygens (including phenoxy) is 3. The number of phenolic OH excluding ortho intramolecular Hbond substituents is 1. The quantitative estimate of drug-likeness (QED) is 0.224. The summed E-state index contributed by atoms with van der Waals surface area (Å²) in [7, 11) is 0. The number of nitrogens with one attached hydrogen (secondary N) is 1. The second kappa shape index (κ2) is 13.2. The van der Waals surface area contributed by atoms with E-state index in [2.05, 4.69) is 26.7 Å². The number of nitrogens with zero attached hydrogens (tertiary/aromatic N) is 3. The van der Waals surface area contributed by atoms with Gasteiger partial charge >= 0.3 is 0 Å². The summed E-state index contributed by atoms with van der Waals surface area (Å²) in [6.45, 7) is 3.49. The Hall–Kier alpha value is -4.14. The van der Waals surface area contributed by atoms with Crippen molar-refractivity contribution in [3.8, 4) is 34.1 Å². The van der Waals surface area contributed by atoms with Crippen molar-refractivity contribution in [1.82, 2.24) is 20.6 Å². The van der Waals surface area contributed by atoms with Gasteiger partial charge in [-0.15, -0.1) is 5.10 Å². The molecule has 1 heterocycles. The Bertz CT molecular complexity index is 1250. The number of aromatic amines is 1. The maximum Gasteiger partial charge on any atom is 0.148 e. The first-order chi connectivity index (χ1) is 18.1. The van der Waals surface area contributed by atoms with Gasteiger partial charge in [0, 0.05) is 36.6 Å². The van der Waals surface area contributed by atoms with E-state index >= 15 is 0 Å². The number of aromatic hydroxyl groups is 1. The molecule has 1 radical (unpaired) electrons. The highest BCUT2D eigenvalue weighted by Gasteiger charge is 2.12. The highest BCUT2D eigenvalue weighted by Crippen LogP contribution is 2.36. The van der Waals surface area contributed by atoms with Crippen LogP contribution in [0.25, 0.3) is 11.1 Å². The molecule has 1 aromatic heterocycles. The van der Waals surface area contributed by atoms with Crippen molar-refractivity contribution in [2.24, 2.45) is 0 Å². The normalized spacial score (nSPS) is 10.9. The molecule has 9 heteroatoms. The van der Waals surface area contributed by atoms with E-state index in [0.717, 1.165) is 48.4 Å². The third kappa shape index (κ3) is 7.67. The average molecular weight is 506 g/mol. The predicted molar refractivity (Wildman–Crippen MR) is 136 cm³/mol. The van der Waals surface area contributed by atoms with Crippen molar-refractivity contribution < 1.29 is 23.7 Å². The van der Waals surface area contributed by atoms with Crippen LogP contribution in [0.1, 0.15) is 37.6 Å². The summed E-state index contributed by atoms with van der Waals surface area (Å²) >= 11 is 0. The molecule has 0 atom stereocenters. The van der Waals surface area contributed by atoms with Crippen molar-refractivity contribution in [2.75, 3.05) is 19.8 Å². The molecule has 0 spiro atoms. The summed E-state index contributed by atoms with van der Waals surface area (Å²) in [5, 5.41) is 24.2. The zero-order valence-corrected chi connectivity index (χ0v) is 20.7. The molecule has 8 nitrogen and oxygen atoms in total. The largest absolute Gasteiger partial charge is 0.507 e. The predicted octanol–water partition coefficient (Wildman–Crippen LogP) is 5.32. The van der Waals surface area contributed by atoms with Crippen LogP contribution < -0.4 is 14.2 Å². The zero-order chi connectivity index (χ0) is 25.9. The van der Waals surface area contributed by atoms with Crippen LogP contribution in [0.5, 0.6) is 23.0 Å². The standard InChI is InChI=1S/C28H30FN4O4/c1-2-20-17-25(21-10-12-22(29)13-11-21)26(34)19-27(20)37-16-6-15-36-24-8-5-7-23(18-24)35-14-4-3-9-28-30-32-33-31-28/h5,7,10-13,17-19,34H,2-4,6,9,14-16H2,1H3,(H,30,31,32,33). The summed E-state index contributed by atoms with van der Waals surface area (Å²) in [4.78, 5) is 0. The Morgan fingerprint density at radius 3 is 2.54 bits per heavy atom. The fraction of sp³-hybridized carbons (Fsp3) is 0.321. The van der Waals surface area contributed by atoms with Gasteiger partial charge in [0.05, 0.1) is 19.8 Å². The van der Waals surface area contributed by atoms with Gasteiger partial charge in [-0.3, -0.25) is 0 Å². The molecule has 0 bridgehead atoms. The molecule has 0 saturated heterocycles. The monoisotopic (exact) mass is 505 g/mol. The molecule has 2 N–H and O–H groups in total. The molecule has 37 heavy (non-hydrogen) atoms. The molecular weight excluding hydrogens is 475 g/mol. The Kier molecular flexibility index (Phi) is 9.29. The second-order valence-corrected chi connectivity index (χ2v) is 8.43. The third-order valence-corrected chi connectivity index (χ3v) is 5.73. The number of aromatic nitrogens is 4. The van der Waals surface area contributed by atoms with Gasteiger partial charge in [0.1, 0.15) is 34.6 Å². The van der Waals surface area contributed by atoms with Crippen LogP contribution in [0.15, 0.2) is 54.6 Å². The number of H-pyrrole nitrogens is 1. The van der Waals surface area contributed by atoms with E-state index in [0.29, 0.717) is 43.3 Å². The first-order valence-electron chi connectivity index (χ1n) is 12.4. The average Bonchev–Trinajstić information content (AvgIpc) is 3.43. The summed E-state index contributed by atoms with van der Waals surface area (Å²) < 4.78 is 30.8. The Morgan fingerprint density at radius 1 is 0.946 bits per heavy atom. The van der Waals surface area contributed by atoms with Gasteiger partial charge in [-0.05, 0) is 71.1 Å². The van der Waals surface area contributed by atoms with Gasteiger partial charge in [0.15, 0.2) is 0 Å². The molecule has 3 aromatic carbocycles. The van der Waals surface area contributed by atoms with Crippen molar-refractivity contribution >= 4 is 0 Å². The zero-order valence-electron chi connectivity index (χ0n) is 20.7. The van der Waals surface area contributed by atoms with E-state index in [-0.39, 0.29) is 11.6 Å². The molecule has 0 unspecified atom stereocenters. The Balaban J connectivity index is 1.20. The lowest BCUT2D eigenvalue weighted by Crippen LogP contribution is -2.06. The summed E-state index contributed by atoms with van der Waals surface area (Å²) in [5.74, 6) is 2.53. The van der Waals surface area contributed by atoms with Gasteiger partial charge in [-0.2, -0.15) is 0 Å². The minimum Gasteiger partial charge on any atom is -0.507 e. The van der Waals surface area contributed by atoms with Crippen molar-refractivity contribution in [3.63, 3.8) is 0 Å². The lowest BCUT2D eigenvalue weighted by Gasteiger charge is -2.14. The number of hydrogen-bond acceptors (Lipinski definition) is 7. The van der Waals surface area contributed by atoms with E-state index < -0.39 is 0 Å². The van der Waals surface area contributed by atoms with Crippen molar-refractivity contribution in [1.29, 1.82) is 0 Å². The van der Waals surface area contributed by atoms with Gasteiger partial charge in [-0.1, -0.05) is 19.1 Å². The molecule has 193 valence electrons. The Morgan fingerprint density at radius 2 is 1.76 bits per heavy atom.